The molecule has 9 heteroatoms. The van der Waals surface area contributed by atoms with Gasteiger partial charge in [0.05, 0.1) is 18.8 Å². The summed E-state index contributed by atoms with van der Waals surface area (Å²) in [5.41, 5.74) is 0.918. The number of alkyl halides is 3. The number of likely N-dealkylation sites (tertiary alicyclic amines) is 1. The summed E-state index contributed by atoms with van der Waals surface area (Å²) in [7, 11) is 1.70. The van der Waals surface area contributed by atoms with Crippen molar-refractivity contribution < 1.29 is 17.7 Å². The van der Waals surface area contributed by atoms with Crippen LogP contribution in [0, 0.1) is 5.92 Å². The van der Waals surface area contributed by atoms with Crippen molar-refractivity contribution in [1.29, 1.82) is 0 Å². The standard InChI is InChI=1S/C17H28F3N5O/c1-3-14-10-15(26-24-14)11-23-16(21-2)22-7-4-13-5-8-25(9-6-13)12-17(18,19)20/h10,13H,3-9,11-12H2,1-2H3,(H2,21,22,23). The third-order valence-electron chi connectivity index (χ3n) is 4.58. The number of hydrogen-bond donors (Lipinski definition) is 2. The monoisotopic (exact) mass is 375 g/mol. The van der Waals surface area contributed by atoms with Crippen molar-refractivity contribution in [3.05, 3.63) is 17.5 Å². The molecule has 1 aromatic heterocycles. The molecule has 0 unspecified atom stereocenters. The van der Waals surface area contributed by atoms with E-state index in [-0.39, 0.29) is 0 Å². The molecule has 1 fully saturated rings. The second kappa shape index (κ2) is 9.80. The number of guanidine groups is 1. The first kappa shape index (κ1) is 20.5. The number of piperidine rings is 1. The van der Waals surface area contributed by atoms with Gasteiger partial charge in [0.1, 0.15) is 0 Å². The first-order valence-corrected chi connectivity index (χ1v) is 9.07. The average molecular weight is 375 g/mol. The van der Waals surface area contributed by atoms with Crippen LogP contribution in [-0.2, 0) is 13.0 Å². The van der Waals surface area contributed by atoms with Crippen LogP contribution in [0.5, 0.6) is 0 Å². The zero-order chi connectivity index (χ0) is 19.0. The molecule has 2 N–H and O–H groups in total. The van der Waals surface area contributed by atoms with E-state index in [0.29, 0.717) is 31.5 Å². The maximum Gasteiger partial charge on any atom is 0.401 e. The topological polar surface area (TPSA) is 65.7 Å². The van der Waals surface area contributed by atoms with Gasteiger partial charge in [0, 0.05) is 19.7 Å². The molecule has 1 aliphatic rings. The molecular weight excluding hydrogens is 347 g/mol. The smallest absolute Gasteiger partial charge is 0.359 e. The highest BCUT2D eigenvalue weighted by Gasteiger charge is 2.32. The molecule has 6 nitrogen and oxygen atoms in total. The number of nitrogens with zero attached hydrogens (tertiary/aromatic N) is 3. The van der Waals surface area contributed by atoms with Crippen LogP contribution in [0.4, 0.5) is 13.2 Å². The molecule has 1 saturated heterocycles. The van der Waals surface area contributed by atoms with Gasteiger partial charge in [-0.25, -0.2) is 0 Å². The predicted octanol–water partition coefficient (Wildman–Crippen LogP) is 2.57. The van der Waals surface area contributed by atoms with Crippen molar-refractivity contribution in [3.8, 4) is 0 Å². The van der Waals surface area contributed by atoms with Crippen molar-refractivity contribution in [2.75, 3.05) is 33.2 Å². The minimum absolute atomic E-state index is 0.450. The summed E-state index contributed by atoms with van der Waals surface area (Å²) >= 11 is 0. The number of aliphatic imine (C=N–C) groups is 1. The van der Waals surface area contributed by atoms with Gasteiger partial charge in [0.15, 0.2) is 11.7 Å². The molecule has 0 aromatic carbocycles. The summed E-state index contributed by atoms with van der Waals surface area (Å²) in [5.74, 6) is 1.88. The Morgan fingerprint density at radius 1 is 1.35 bits per heavy atom. The molecule has 2 rings (SSSR count). The fraction of sp³-hybridized carbons (Fsp3) is 0.765. The first-order valence-electron chi connectivity index (χ1n) is 9.07. The number of nitrogens with one attached hydrogen (secondary N) is 2. The van der Waals surface area contributed by atoms with Gasteiger partial charge in [-0.1, -0.05) is 12.1 Å². The molecule has 0 bridgehead atoms. The van der Waals surface area contributed by atoms with Crippen LogP contribution in [-0.4, -0.2) is 55.4 Å². The summed E-state index contributed by atoms with van der Waals surface area (Å²) in [4.78, 5) is 5.66. The van der Waals surface area contributed by atoms with Gasteiger partial charge >= 0.3 is 6.18 Å². The highest BCUT2D eigenvalue weighted by atomic mass is 19.4. The van der Waals surface area contributed by atoms with E-state index in [0.717, 1.165) is 43.7 Å². The normalized spacial score (nSPS) is 17.5. The predicted molar refractivity (Wildman–Crippen MR) is 93.9 cm³/mol. The molecule has 2 heterocycles. The van der Waals surface area contributed by atoms with E-state index in [1.54, 1.807) is 7.05 Å². The Kier molecular flexibility index (Phi) is 7.74. The SMILES string of the molecule is CCc1cc(CNC(=NC)NCCC2CCN(CC(F)(F)F)CC2)on1. The molecule has 0 radical (unpaired) electrons. The Hall–Kier alpha value is -1.77. The lowest BCUT2D eigenvalue weighted by Gasteiger charge is -2.32. The molecule has 26 heavy (non-hydrogen) atoms. The second-order valence-corrected chi connectivity index (χ2v) is 6.61. The van der Waals surface area contributed by atoms with Crippen LogP contribution in [0.25, 0.3) is 0 Å². The summed E-state index contributed by atoms with van der Waals surface area (Å²) in [6, 6.07) is 1.91. The van der Waals surface area contributed by atoms with Gasteiger partial charge in [0.2, 0.25) is 0 Å². The lowest BCUT2D eigenvalue weighted by molar-refractivity contribution is -0.148. The highest BCUT2D eigenvalue weighted by Crippen LogP contribution is 2.23. The van der Waals surface area contributed by atoms with Crippen molar-refractivity contribution >= 4 is 5.96 Å². The fourth-order valence-electron chi connectivity index (χ4n) is 3.08. The molecule has 0 aliphatic carbocycles. The Bertz CT molecular complexity index is 565. The molecule has 0 amide bonds. The minimum Gasteiger partial charge on any atom is -0.359 e. The third-order valence-corrected chi connectivity index (χ3v) is 4.58. The van der Waals surface area contributed by atoms with Crippen LogP contribution in [0.3, 0.4) is 0 Å². The number of rotatable bonds is 7. The molecule has 0 saturated carbocycles. The van der Waals surface area contributed by atoms with Crippen molar-refractivity contribution in [2.45, 2.75) is 45.3 Å². The van der Waals surface area contributed by atoms with Gasteiger partial charge in [-0.3, -0.25) is 9.89 Å². The Morgan fingerprint density at radius 2 is 2.08 bits per heavy atom. The minimum atomic E-state index is -4.10. The lowest BCUT2D eigenvalue weighted by atomic mass is 9.93. The Morgan fingerprint density at radius 3 is 2.65 bits per heavy atom. The quantitative estimate of drug-likeness (QED) is 0.566. The van der Waals surface area contributed by atoms with Crippen LogP contribution in [0.2, 0.25) is 0 Å². The maximum absolute atomic E-state index is 12.4. The molecular formula is C17H28F3N5O. The second-order valence-electron chi connectivity index (χ2n) is 6.61. The van der Waals surface area contributed by atoms with Gasteiger partial charge in [-0.15, -0.1) is 0 Å². The highest BCUT2D eigenvalue weighted by molar-refractivity contribution is 5.79. The van der Waals surface area contributed by atoms with E-state index in [9.17, 15) is 13.2 Å². The molecule has 148 valence electrons. The fourth-order valence-corrected chi connectivity index (χ4v) is 3.08. The number of hydrogen-bond acceptors (Lipinski definition) is 4. The van der Waals surface area contributed by atoms with E-state index >= 15 is 0 Å². The van der Waals surface area contributed by atoms with Gasteiger partial charge in [-0.2, -0.15) is 13.2 Å². The number of aryl methyl sites for hydroxylation is 1. The van der Waals surface area contributed by atoms with Gasteiger partial charge < -0.3 is 15.2 Å². The zero-order valence-electron chi connectivity index (χ0n) is 15.4. The first-order chi connectivity index (χ1) is 12.4. The molecule has 1 aromatic rings. The van der Waals surface area contributed by atoms with Crippen LogP contribution >= 0.6 is 0 Å². The molecule has 0 atom stereocenters. The van der Waals surface area contributed by atoms with Gasteiger partial charge in [-0.05, 0) is 44.7 Å². The van der Waals surface area contributed by atoms with Crippen molar-refractivity contribution in [3.63, 3.8) is 0 Å². The number of aromatic nitrogens is 1. The van der Waals surface area contributed by atoms with E-state index in [2.05, 4.69) is 20.8 Å². The Balaban J connectivity index is 1.62. The molecule has 1 aliphatic heterocycles. The van der Waals surface area contributed by atoms with E-state index in [1.807, 2.05) is 13.0 Å². The van der Waals surface area contributed by atoms with E-state index in [4.69, 9.17) is 4.52 Å². The summed E-state index contributed by atoms with van der Waals surface area (Å²) in [6.45, 7) is 3.49. The zero-order valence-corrected chi connectivity index (χ0v) is 15.4. The van der Waals surface area contributed by atoms with Crippen molar-refractivity contribution in [1.82, 2.24) is 20.7 Å². The van der Waals surface area contributed by atoms with E-state index in [1.165, 1.54) is 4.90 Å². The third kappa shape index (κ3) is 7.23. The Labute approximate surface area is 152 Å². The summed E-state index contributed by atoms with van der Waals surface area (Å²) in [6.07, 6.45) is -0.738. The van der Waals surface area contributed by atoms with E-state index < -0.39 is 12.7 Å². The lowest BCUT2D eigenvalue weighted by Crippen LogP contribution is -2.41. The largest absolute Gasteiger partial charge is 0.401 e. The van der Waals surface area contributed by atoms with Crippen LogP contribution < -0.4 is 10.6 Å². The van der Waals surface area contributed by atoms with Gasteiger partial charge in [0.25, 0.3) is 0 Å². The summed E-state index contributed by atoms with van der Waals surface area (Å²) in [5, 5.41) is 10.3. The average Bonchev–Trinajstić information content (AvgIpc) is 3.06. The summed E-state index contributed by atoms with van der Waals surface area (Å²) < 4.78 is 42.4. The van der Waals surface area contributed by atoms with Crippen molar-refractivity contribution in [2.24, 2.45) is 10.9 Å². The maximum atomic E-state index is 12.4. The number of halogens is 3. The molecule has 0 spiro atoms. The van der Waals surface area contributed by atoms with Crippen LogP contribution in [0.1, 0.15) is 37.6 Å². The van der Waals surface area contributed by atoms with Crippen LogP contribution in [0.15, 0.2) is 15.6 Å².